The molecule has 1 N–H and O–H groups in total. The van der Waals surface area contributed by atoms with Crippen molar-refractivity contribution in [1.82, 2.24) is 9.88 Å². The quantitative estimate of drug-likeness (QED) is 0.398. The second-order valence-corrected chi connectivity index (χ2v) is 8.12. The van der Waals surface area contributed by atoms with Crippen LogP contribution in [-0.4, -0.2) is 46.9 Å². The van der Waals surface area contributed by atoms with Crippen LogP contribution in [0.3, 0.4) is 0 Å². The number of nitro benzene ring substituents is 1. The second kappa shape index (κ2) is 8.50. The molecule has 0 atom stereocenters. The Morgan fingerprint density at radius 2 is 1.90 bits per heavy atom. The van der Waals surface area contributed by atoms with Crippen LogP contribution in [0.1, 0.15) is 10.6 Å². The highest BCUT2D eigenvalue weighted by molar-refractivity contribution is 7.18. The Balaban J connectivity index is 1.29. The van der Waals surface area contributed by atoms with Crippen LogP contribution in [0.15, 0.2) is 54.6 Å². The number of para-hydroxylation sites is 1. The van der Waals surface area contributed by atoms with Gasteiger partial charge < -0.3 is 9.80 Å². The van der Waals surface area contributed by atoms with Gasteiger partial charge in [0.25, 0.3) is 5.69 Å². The highest BCUT2D eigenvalue weighted by Gasteiger charge is 2.23. The molecule has 2 heterocycles. The molecule has 0 aliphatic carbocycles. The number of fused-ring (bicyclic) bond motifs is 1. The fraction of sp³-hybridized carbons (Fsp3) is 0.238. The van der Waals surface area contributed by atoms with Gasteiger partial charge in [0.2, 0.25) is 5.91 Å². The summed E-state index contributed by atoms with van der Waals surface area (Å²) >= 11 is 1.74. The summed E-state index contributed by atoms with van der Waals surface area (Å²) in [6.45, 7) is 4.10. The third-order valence-corrected chi connectivity index (χ3v) is 6.08. The Morgan fingerprint density at radius 1 is 1.17 bits per heavy atom. The molecule has 1 aromatic heterocycles. The number of amides is 1. The maximum absolute atomic E-state index is 12.4. The molecule has 8 heteroatoms. The molecule has 4 rings (SSSR count). The molecule has 148 valence electrons. The molecule has 1 aliphatic heterocycles. The van der Waals surface area contributed by atoms with Crippen LogP contribution in [0.4, 0.5) is 5.69 Å². The number of aromatic nitrogens is 1. The minimum atomic E-state index is -0.436. The van der Waals surface area contributed by atoms with Gasteiger partial charge in [-0.15, -0.1) is 11.3 Å². The lowest BCUT2D eigenvalue weighted by molar-refractivity contribution is -0.917. The Bertz CT molecular complexity index is 1020. The van der Waals surface area contributed by atoms with Gasteiger partial charge in [-0.3, -0.25) is 14.9 Å². The number of nitrogens with zero attached hydrogens (tertiary/aromatic N) is 3. The number of quaternary nitrogens is 1. The van der Waals surface area contributed by atoms with Crippen molar-refractivity contribution in [1.29, 1.82) is 0 Å². The standard InChI is InChI=1S/C21H20N4O3S/c26-21(10-7-16-5-8-17(9-6-16)25(27)28)24-13-11-23(12-14-24)15-20-22-18-3-1-2-4-19(18)29-20/h1-10H,11-15H2/p+1/b10-7+. The van der Waals surface area contributed by atoms with Crippen LogP contribution in [0.2, 0.25) is 0 Å². The van der Waals surface area contributed by atoms with Crippen molar-refractivity contribution in [2.45, 2.75) is 6.54 Å². The number of hydrogen-bond acceptors (Lipinski definition) is 5. The first kappa shape index (κ1) is 19.2. The number of piperazine rings is 1. The van der Waals surface area contributed by atoms with Gasteiger partial charge in [-0.05, 0) is 35.9 Å². The molecule has 0 spiro atoms. The van der Waals surface area contributed by atoms with Gasteiger partial charge >= 0.3 is 0 Å². The molecule has 7 nitrogen and oxygen atoms in total. The summed E-state index contributed by atoms with van der Waals surface area (Å²) in [6, 6.07) is 14.3. The molecule has 0 radical (unpaired) electrons. The predicted octanol–water partition coefficient (Wildman–Crippen LogP) is 2.14. The van der Waals surface area contributed by atoms with Crippen molar-refractivity contribution in [2.24, 2.45) is 0 Å². The third kappa shape index (κ3) is 4.67. The monoisotopic (exact) mass is 409 g/mol. The highest BCUT2D eigenvalue weighted by atomic mass is 32.1. The smallest absolute Gasteiger partial charge is 0.269 e. The molecule has 1 aliphatic rings. The van der Waals surface area contributed by atoms with Crippen molar-refractivity contribution < 1.29 is 14.6 Å². The van der Waals surface area contributed by atoms with Crippen LogP contribution >= 0.6 is 11.3 Å². The zero-order valence-corrected chi connectivity index (χ0v) is 16.6. The van der Waals surface area contributed by atoms with Gasteiger partial charge in [0.1, 0.15) is 11.6 Å². The summed E-state index contributed by atoms with van der Waals surface area (Å²) in [7, 11) is 0. The number of carbonyl (C=O) groups excluding carboxylic acids is 1. The van der Waals surface area contributed by atoms with E-state index in [1.807, 2.05) is 23.1 Å². The molecule has 0 saturated carbocycles. The normalized spacial score (nSPS) is 15.2. The fourth-order valence-corrected chi connectivity index (χ4v) is 4.45. The molecule has 0 bridgehead atoms. The highest BCUT2D eigenvalue weighted by Crippen LogP contribution is 2.20. The van der Waals surface area contributed by atoms with Crippen molar-refractivity contribution in [3.63, 3.8) is 0 Å². The van der Waals surface area contributed by atoms with E-state index >= 15 is 0 Å². The molecule has 2 aromatic carbocycles. The minimum absolute atomic E-state index is 0.0256. The van der Waals surface area contributed by atoms with Gasteiger partial charge in [0.05, 0.1) is 41.3 Å². The topological polar surface area (TPSA) is 80.8 Å². The van der Waals surface area contributed by atoms with Gasteiger partial charge in [-0.25, -0.2) is 4.98 Å². The van der Waals surface area contributed by atoms with Crippen LogP contribution < -0.4 is 4.90 Å². The van der Waals surface area contributed by atoms with E-state index in [1.54, 1.807) is 35.6 Å². The zero-order valence-electron chi connectivity index (χ0n) is 15.8. The number of nitrogens with one attached hydrogen (secondary N) is 1. The Morgan fingerprint density at radius 3 is 2.59 bits per heavy atom. The number of rotatable bonds is 5. The van der Waals surface area contributed by atoms with E-state index in [4.69, 9.17) is 4.98 Å². The largest absolute Gasteiger partial charge is 0.328 e. The minimum Gasteiger partial charge on any atom is -0.328 e. The molecule has 1 amide bonds. The maximum Gasteiger partial charge on any atom is 0.269 e. The van der Waals surface area contributed by atoms with Crippen molar-refractivity contribution >= 4 is 39.2 Å². The van der Waals surface area contributed by atoms with Crippen LogP contribution in [0, 0.1) is 10.1 Å². The number of non-ortho nitro benzene ring substituents is 1. The van der Waals surface area contributed by atoms with Crippen LogP contribution in [0.25, 0.3) is 16.3 Å². The number of carbonyl (C=O) groups is 1. The van der Waals surface area contributed by atoms with Crippen LogP contribution in [0.5, 0.6) is 0 Å². The van der Waals surface area contributed by atoms with Gasteiger partial charge in [-0.2, -0.15) is 0 Å². The molecule has 1 fully saturated rings. The predicted molar refractivity (Wildman–Crippen MR) is 113 cm³/mol. The van der Waals surface area contributed by atoms with E-state index < -0.39 is 4.92 Å². The first-order valence-electron chi connectivity index (χ1n) is 9.48. The molecule has 0 unspecified atom stereocenters. The molecular weight excluding hydrogens is 388 g/mol. The maximum atomic E-state index is 12.4. The van der Waals surface area contributed by atoms with Gasteiger partial charge in [0, 0.05) is 18.2 Å². The first-order valence-corrected chi connectivity index (χ1v) is 10.3. The number of thiazole rings is 1. The van der Waals surface area contributed by atoms with Crippen molar-refractivity contribution in [3.8, 4) is 0 Å². The Kier molecular flexibility index (Phi) is 5.64. The Labute approximate surface area is 172 Å². The van der Waals surface area contributed by atoms with E-state index in [-0.39, 0.29) is 11.6 Å². The summed E-state index contributed by atoms with van der Waals surface area (Å²) in [5.74, 6) is -0.0256. The summed E-state index contributed by atoms with van der Waals surface area (Å²) in [5, 5.41) is 11.8. The number of hydrogen-bond donors (Lipinski definition) is 1. The molecule has 1 saturated heterocycles. The molecular formula is C21H21N4O3S+. The van der Waals surface area contributed by atoms with Gasteiger partial charge in [0.15, 0.2) is 0 Å². The molecule has 29 heavy (non-hydrogen) atoms. The van der Waals surface area contributed by atoms with E-state index in [9.17, 15) is 14.9 Å². The first-order chi connectivity index (χ1) is 14.1. The number of benzene rings is 2. The second-order valence-electron chi connectivity index (χ2n) is 7.01. The summed E-state index contributed by atoms with van der Waals surface area (Å²) in [6.07, 6.45) is 3.24. The Hall–Kier alpha value is -3.10. The average Bonchev–Trinajstić information content (AvgIpc) is 3.15. The van der Waals surface area contributed by atoms with E-state index in [1.165, 1.54) is 21.7 Å². The van der Waals surface area contributed by atoms with E-state index in [0.717, 1.165) is 35.7 Å². The molecule has 3 aromatic rings. The lowest BCUT2D eigenvalue weighted by atomic mass is 10.2. The number of nitro groups is 1. The summed E-state index contributed by atoms with van der Waals surface area (Å²) in [5.41, 5.74) is 1.86. The lowest BCUT2D eigenvalue weighted by Gasteiger charge is -2.31. The third-order valence-electron chi connectivity index (χ3n) is 5.04. The lowest BCUT2D eigenvalue weighted by Crippen LogP contribution is -3.13. The van der Waals surface area contributed by atoms with E-state index in [0.29, 0.717) is 13.1 Å². The van der Waals surface area contributed by atoms with E-state index in [2.05, 4.69) is 6.07 Å². The van der Waals surface area contributed by atoms with Gasteiger partial charge in [-0.1, -0.05) is 12.1 Å². The van der Waals surface area contributed by atoms with Crippen molar-refractivity contribution in [2.75, 3.05) is 26.2 Å². The fourth-order valence-electron chi connectivity index (χ4n) is 3.41. The summed E-state index contributed by atoms with van der Waals surface area (Å²) < 4.78 is 1.21. The van der Waals surface area contributed by atoms with Crippen LogP contribution in [-0.2, 0) is 11.3 Å². The summed E-state index contributed by atoms with van der Waals surface area (Å²) in [4.78, 5) is 30.7. The average molecular weight is 409 g/mol. The SMILES string of the molecule is O=C(/C=C/c1ccc([N+](=O)[O-])cc1)N1CC[NH+](Cc2nc3ccccc3s2)CC1. The van der Waals surface area contributed by atoms with Crippen molar-refractivity contribution in [3.05, 3.63) is 75.3 Å². The zero-order chi connectivity index (χ0) is 20.2.